The van der Waals surface area contributed by atoms with Crippen molar-refractivity contribution in [3.63, 3.8) is 0 Å². The van der Waals surface area contributed by atoms with E-state index in [1.807, 2.05) is 12.1 Å². The zero-order valence-corrected chi connectivity index (χ0v) is 15.0. The molecule has 0 radical (unpaired) electrons. The fraction of sp³-hybridized carbons (Fsp3) is 0.381. The van der Waals surface area contributed by atoms with Gasteiger partial charge in [0.1, 0.15) is 5.82 Å². The zero-order valence-electron chi connectivity index (χ0n) is 15.0. The van der Waals surface area contributed by atoms with Gasteiger partial charge in [0.05, 0.1) is 0 Å². The molecule has 0 bridgehead atoms. The number of halogens is 1. The summed E-state index contributed by atoms with van der Waals surface area (Å²) in [6.07, 6.45) is 5.24. The maximum atomic E-state index is 12.9. The van der Waals surface area contributed by atoms with Gasteiger partial charge >= 0.3 is 6.03 Å². The van der Waals surface area contributed by atoms with Crippen LogP contribution in [0.4, 0.5) is 14.9 Å². The van der Waals surface area contributed by atoms with E-state index < -0.39 is 0 Å². The van der Waals surface area contributed by atoms with Crippen molar-refractivity contribution in [2.75, 3.05) is 18.4 Å². The largest absolute Gasteiger partial charge is 0.334 e. The molecule has 2 N–H and O–H groups in total. The Balaban J connectivity index is 1.49. The highest BCUT2D eigenvalue weighted by molar-refractivity contribution is 5.89. The lowest BCUT2D eigenvalue weighted by atomic mass is 10.1. The zero-order chi connectivity index (χ0) is 18.2. The van der Waals surface area contributed by atoms with Gasteiger partial charge in [0.25, 0.3) is 0 Å². The van der Waals surface area contributed by atoms with Crippen molar-refractivity contribution >= 4 is 11.7 Å². The first-order valence-electron chi connectivity index (χ1n) is 9.30. The number of urea groups is 1. The third kappa shape index (κ3) is 5.85. The predicted octanol–water partition coefficient (Wildman–Crippen LogP) is 4.52. The molecular formula is C21H26FN3O. The van der Waals surface area contributed by atoms with Gasteiger partial charge in [0.15, 0.2) is 0 Å². The monoisotopic (exact) mass is 355 g/mol. The molecule has 26 heavy (non-hydrogen) atoms. The van der Waals surface area contributed by atoms with E-state index in [-0.39, 0.29) is 11.8 Å². The Labute approximate surface area is 154 Å². The molecule has 4 nitrogen and oxygen atoms in total. The Hall–Kier alpha value is -2.40. The van der Waals surface area contributed by atoms with E-state index in [9.17, 15) is 9.18 Å². The maximum absolute atomic E-state index is 12.9. The summed E-state index contributed by atoms with van der Waals surface area (Å²) in [5.41, 5.74) is 2.93. The van der Waals surface area contributed by atoms with Crippen molar-refractivity contribution in [3.05, 3.63) is 65.5 Å². The summed E-state index contributed by atoms with van der Waals surface area (Å²) in [6, 6.07) is 13.8. The van der Waals surface area contributed by atoms with Crippen molar-refractivity contribution in [2.45, 2.75) is 38.8 Å². The molecule has 1 aliphatic heterocycles. The first-order chi connectivity index (χ1) is 12.7. The number of anilines is 1. The average molecular weight is 355 g/mol. The third-order valence-corrected chi connectivity index (χ3v) is 4.65. The van der Waals surface area contributed by atoms with Crippen molar-refractivity contribution < 1.29 is 9.18 Å². The second-order valence-electron chi connectivity index (χ2n) is 6.82. The first-order valence-corrected chi connectivity index (χ1v) is 9.30. The van der Waals surface area contributed by atoms with Gasteiger partial charge in [-0.1, -0.05) is 37.1 Å². The highest BCUT2D eigenvalue weighted by Gasteiger charge is 2.10. The van der Waals surface area contributed by atoms with Crippen molar-refractivity contribution in [1.82, 2.24) is 10.2 Å². The minimum atomic E-state index is -0.322. The molecule has 3 rings (SSSR count). The quantitative estimate of drug-likeness (QED) is 0.828. The summed E-state index contributed by atoms with van der Waals surface area (Å²) < 4.78 is 12.9. The molecule has 2 aromatic carbocycles. The van der Waals surface area contributed by atoms with Gasteiger partial charge in [-0.05, 0) is 61.3 Å². The highest BCUT2D eigenvalue weighted by Crippen LogP contribution is 2.14. The number of nitrogens with one attached hydrogen (secondary N) is 2. The number of hydrogen-bond acceptors (Lipinski definition) is 2. The molecule has 0 aliphatic carbocycles. The molecule has 0 aromatic heterocycles. The van der Waals surface area contributed by atoms with Gasteiger partial charge in [-0.25, -0.2) is 9.18 Å². The van der Waals surface area contributed by atoms with Crippen molar-refractivity contribution in [1.29, 1.82) is 0 Å². The molecule has 1 saturated heterocycles. The van der Waals surface area contributed by atoms with Crippen LogP contribution in [0.2, 0.25) is 0 Å². The van der Waals surface area contributed by atoms with Crippen LogP contribution >= 0.6 is 0 Å². The van der Waals surface area contributed by atoms with Crippen LogP contribution < -0.4 is 10.6 Å². The molecule has 0 spiro atoms. The van der Waals surface area contributed by atoms with Crippen LogP contribution in [0.15, 0.2) is 48.5 Å². The van der Waals surface area contributed by atoms with Crippen LogP contribution in [0.3, 0.4) is 0 Å². The Morgan fingerprint density at radius 2 is 1.65 bits per heavy atom. The number of carbonyl (C=O) groups is 1. The summed E-state index contributed by atoms with van der Waals surface area (Å²) in [7, 11) is 0. The van der Waals surface area contributed by atoms with Crippen LogP contribution in [0.1, 0.15) is 36.8 Å². The van der Waals surface area contributed by atoms with E-state index in [0.29, 0.717) is 12.2 Å². The molecule has 1 fully saturated rings. The summed E-state index contributed by atoms with van der Waals surface area (Å²) >= 11 is 0. The van der Waals surface area contributed by atoms with Crippen LogP contribution in [-0.4, -0.2) is 24.0 Å². The Morgan fingerprint density at radius 1 is 0.962 bits per heavy atom. The van der Waals surface area contributed by atoms with Crippen LogP contribution in [-0.2, 0) is 13.1 Å². The summed E-state index contributed by atoms with van der Waals surface area (Å²) in [6.45, 7) is 3.77. The Kier molecular flexibility index (Phi) is 6.61. The summed E-state index contributed by atoms with van der Waals surface area (Å²) in [4.78, 5) is 14.5. The van der Waals surface area contributed by atoms with E-state index in [4.69, 9.17) is 0 Å². The van der Waals surface area contributed by atoms with E-state index >= 15 is 0 Å². The van der Waals surface area contributed by atoms with Gasteiger partial charge in [-0.3, -0.25) is 4.90 Å². The van der Waals surface area contributed by atoms with E-state index in [1.165, 1.54) is 68.6 Å². The molecule has 0 atom stereocenters. The van der Waals surface area contributed by atoms with E-state index in [2.05, 4.69) is 27.7 Å². The standard InChI is InChI=1S/C21H26FN3O/c22-19-8-10-20(11-9-19)24-21(26)23-15-17-6-5-7-18(14-17)16-25-12-3-1-2-4-13-25/h5-11,14H,1-4,12-13,15-16H2,(H2,23,24,26). The molecule has 1 aliphatic rings. The van der Waals surface area contributed by atoms with Crippen LogP contribution in [0, 0.1) is 5.82 Å². The molecular weight excluding hydrogens is 329 g/mol. The number of amides is 2. The van der Waals surface area contributed by atoms with Gasteiger partial charge < -0.3 is 10.6 Å². The third-order valence-electron chi connectivity index (χ3n) is 4.65. The lowest BCUT2D eigenvalue weighted by Gasteiger charge is -2.20. The molecule has 2 aromatic rings. The van der Waals surface area contributed by atoms with Gasteiger partial charge in [0.2, 0.25) is 0 Å². The number of rotatable bonds is 5. The summed E-state index contributed by atoms with van der Waals surface area (Å²) in [5.74, 6) is -0.322. The molecule has 5 heteroatoms. The normalized spacial score (nSPS) is 15.3. The number of nitrogens with zero attached hydrogens (tertiary/aromatic N) is 1. The molecule has 2 amide bonds. The SMILES string of the molecule is O=C(NCc1cccc(CN2CCCCCC2)c1)Nc1ccc(F)cc1. The van der Waals surface area contributed by atoms with Gasteiger partial charge in [-0.15, -0.1) is 0 Å². The Morgan fingerprint density at radius 3 is 2.38 bits per heavy atom. The number of hydrogen-bond donors (Lipinski definition) is 2. The second kappa shape index (κ2) is 9.34. The van der Waals surface area contributed by atoms with E-state index in [0.717, 1.165) is 12.1 Å². The molecule has 0 saturated carbocycles. The first kappa shape index (κ1) is 18.4. The molecule has 138 valence electrons. The highest BCUT2D eigenvalue weighted by atomic mass is 19.1. The number of carbonyl (C=O) groups excluding carboxylic acids is 1. The minimum Gasteiger partial charge on any atom is -0.334 e. The molecule has 1 heterocycles. The van der Waals surface area contributed by atoms with Crippen molar-refractivity contribution in [2.24, 2.45) is 0 Å². The van der Waals surface area contributed by atoms with Gasteiger partial charge in [0, 0.05) is 18.8 Å². The van der Waals surface area contributed by atoms with Gasteiger partial charge in [-0.2, -0.15) is 0 Å². The van der Waals surface area contributed by atoms with E-state index in [1.54, 1.807) is 0 Å². The number of likely N-dealkylation sites (tertiary alicyclic amines) is 1. The number of benzene rings is 2. The molecule has 0 unspecified atom stereocenters. The lowest BCUT2D eigenvalue weighted by Crippen LogP contribution is -2.28. The second-order valence-corrected chi connectivity index (χ2v) is 6.82. The smallest absolute Gasteiger partial charge is 0.319 e. The fourth-order valence-electron chi connectivity index (χ4n) is 3.28. The Bertz CT molecular complexity index is 709. The summed E-state index contributed by atoms with van der Waals surface area (Å²) in [5, 5.41) is 5.55. The van der Waals surface area contributed by atoms with Crippen molar-refractivity contribution in [3.8, 4) is 0 Å². The average Bonchev–Trinajstić information content (AvgIpc) is 2.91. The fourth-order valence-corrected chi connectivity index (χ4v) is 3.28. The maximum Gasteiger partial charge on any atom is 0.319 e. The lowest BCUT2D eigenvalue weighted by molar-refractivity contribution is 0.251. The predicted molar refractivity (Wildman–Crippen MR) is 102 cm³/mol. The topological polar surface area (TPSA) is 44.4 Å². The minimum absolute atomic E-state index is 0.297. The van der Waals surface area contributed by atoms with Crippen LogP contribution in [0.5, 0.6) is 0 Å². The van der Waals surface area contributed by atoms with Crippen LogP contribution in [0.25, 0.3) is 0 Å².